The molecule has 0 heterocycles. The second-order valence-electron chi connectivity index (χ2n) is 4.15. The second-order valence-corrected chi connectivity index (χ2v) is 4.15. The SMILES string of the molecule is C[N+](C)(C)N(O)[N+](C)(C)C. The minimum absolute atomic E-state index is 0.406. The van der Waals surface area contributed by atoms with Gasteiger partial charge in [0, 0.05) is 0 Å². The Morgan fingerprint density at radius 3 is 1.00 bits per heavy atom. The molecule has 0 aromatic carbocycles. The fourth-order valence-electron chi connectivity index (χ4n) is 0.805. The van der Waals surface area contributed by atoms with Gasteiger partial charge in [-0.25, -0.2) is 5.21 Å². The molecule has 0 saturated heterocycles. The molecule has 62 valence electrons. The molecule has 4 nitrogen and oxygen atoms in total. The van der Waals surface area contributed by atoms with Crippen molar-refractivity contribution in [1.82, 2.24) is 5.28 Å². The largest absolute Gasteiger partial charge is 0.223 e. The van der Waals surface area contributed by atoms with E-state index in [-0.39, 0.29) is 0 Å². The number of quaternary nitrogens is 2. The van der Waals surface area contributed by atoms with Crippen LogP contribution in [0.15, 0.2) is 0 Å². The fourth-order valence-corrected chi connectivity index (χ4v) is 0.805. The van der Waals surface area contributed by atoms with Crippen LogP contribution in [0.4, 0.5) is 0 Å². The first-order valence-electron chi connectivity index (χ1n) is 3.28. The molecule has 1 N–H and O–H groups in total. The average Bonchev–Trinajstić information content (AvgIpc) is 1.59. The Morgan fingerprint density at radius 1 is 0.800 bits per heavy atom. The van der Waals surface area contributed by atoms with Gasteiger partial charge in [0.15, 0.2) is 0 Å². The summed E-state index contributed by atoms with van der Waals surface area (Å²) in [5, 5.41) is 10.8. The first-order valence-corrected chi connectivity index (χ1v) is 3.28. The highest BCUT2D eigenvalue weighted by atomic mass is 16.6. The third-order valence-electron chi connectivity index (χ3n) is 1.07. The molecule has 4 heteroatoms. The van der Waals surface area contributed by atoms with Gasteiger partial charge in [-0.2, -0.15) is 9.18 Å². The lowest BCUT2D eigenvalue weighted by atomic mass is 10.8. The summed E-state index contributed by atoms with van der Waals surface area (Å²) in [6, 6.07) is 0. The van der Waals surface area contributed by atoms with Crippen molar-refractivity contribution < 1.29 is 14.4 Å². The van der Waals surface area contributed by atoms with E-state index in [9.17, 15) is 5.21 Å². The Balaban J connectivity index is 4.23. The molecule has 0 aliphatic heterocycles. The predicted molar refractivity (Wildman–Crippen MR) is 39.7 cm³/mol. The molecule has 0 radical (unpaired) electrons. The highest BCUT2D eigenvalue weighted by molar-refractivity contribution is 3.94. The van der Waals surface area contributed by atoms with E-state index in [4.69, 9.17) is 0 Å². The van der Waals surface area contributed by atoms with Crippen LogP contribution in [0.5, 0.6) is 0 Å². The van der Waals surface area contributed by atoms with Crippen LogP contribution < -0.4 is 0 Å². The van der Waals surface area contributed by atoms with Gasteiger partial charge >= 0.3 is 0 Å². The molecule has 0 rings (SSSR count). The van der Waals surface area contributed by atoms with Crippen LogP contribution in [0.25, 0.3) is 0 Å². The minimum Gasteiger partial charge on any atom is -0.223 e. The van der Waals surface area contributed by atoms with Gasteiger partial charge < -0.3 is 0 Å². The highest BCUT2D eigenvalue weighted by Gasteiger charge is 2.31. The summed E-state index contributed by atoms with van der Waals surface area (Å²) in [5.74, 6) is 0. The summed E-state index contributed by atoms with van der Waals surface area (Å²) in [7, 11) is 11.4. The Morgan fingerprint density at radius 2 is 1.00 bits per heavy atom. The zero-order chi connectivity index (χ0) is 8.58. The van der Waals surface area contributed by atoms with E-state index >= 15 is 0 Å². The van der Waals surface area contributed by atoms with Crippen molar-refractivity contribution in [2.75, 3.05) is 42.3 Å². The lowest BCUT2D eigenvalue weighted by Gasteiger charge is -2.37. The zero-order valence-electron chi connectivity index (χ0n) is 7.79. The molecule has 0 spiro atoms. The maximum atomic E-state index is 9.50. The highest BCUT2D eigenvalue weighted by Crippen LogP contribution is 2.04. The second kappa shape index (κ2) is 2.47. The number of nitrogens with zero attached hydrogens (tertiary/aromatic N) is 3. The molecule has 0 amide bonds. The Kier molecular flexibility index (Phi) is 2.43. The first-order chi connectivity index (χ1) is 4.15. The van der Waals surface area contributed by atoms with Gasteiger partial charge in [-0.1, -0.05) is 0 Å². The molecule has 0 saturated carbocycles. The van der Waals surface area contributed by atoms with Crippen LogP contribution in [0.2, 0.25) is 0 Å². The van der Waals surface area contributed by atoms with E-state index < -0.39 is 0 Å². The summed E-state index contributed by atoms with van der Waals surface area (Å²) in [5.41, 5.74) is 0. The van der Waals surface area contributed by atoms with Crippen molar-refractivity contribution in [2.24, 2.45) is 0 Å². The molecule has 0 unspecified atom stereocenters. The van der Waals surface area contributed by atoms with Crippen molar-refractivity contribution in [1.29, 1.82) is 0 Å². The molecular weight excluding hydrogens is 130 g/mol. The standard InChI is InChI=1S/C6H19N3O/c1-8(2,3)7(10)9(4,5)6/h10H,1-6H3/q+2. The van der Waals surface area contributed by atoms with E-state index in [2.05, 4.69) is 0 Å². The lowest BCUT2D eigenvalue weighted by Crippen LogP contribution is -2.63. The van der Waals surface area contributed by atoms with Gasteiger partial charge in [0.05, 0.1) is 42.3 Å². The number of hydrogen-bond acceptors (Lipinski definition) is 2. The maximum absolute atomic E-state index is 9.50. The lowest BCUT2D eigenvalue weighted by molar-refractivity contribution is -1.25. The Hall–Kier alpha value is -0.160. The minimum atomic E-state index is 0.406. The Labute approximate surface area is 63.0 Å². The first kappa shape index (κ1) is 9.84. The van der Waals surface area contributed by atoms with Gasteiger partial charge in [0.2, 0.25) is 0 Å². The predicted octanol–water partition coefficient (Wildman–Crippen LogP) is -0.0800. The maximum Gasteiger partial charge on any atom is 0.145 e. The van der Waals surface area contributed by atoms with E-state index in [1.807, 2.05) is 42.3 Å². The molecule has 0 fully saturated rings. The van der Waals surface area contributed by atoms with Crippen LogP contribution in [0.1, 0.15) is 0 Å². The Bertz CT molecular complexity index is 97.1. The van der Waals surface area contributed by atoms with Crippen LogP contribution in [-0.2, 0) is 0 Å². The molecule has 0 aromatic rings. The van der Waals surface area contributed by atoms with Crippen LogP contribution in [-0.4, -0.2) is 62.0 Å². The van der Waals surface area contributed by atoms with Crippen molar-refractivity contribution in [3.8, 4) is 0 Å². The topological polar surface area (TPSA) is 23.5 Å². The van der Waals surface area contributed by atoms with Gasteiger partial charge in [-0.15, -0.1) is 0 Å². The van der Waals surface area contributed by atoms with Gasteiger partial charge in [0.1, 0.15) is 5.28 Å². The van der Waals surface area contributed by atoms with E-state index in [0.29, 0.717) is 9.18 Å². The summed E-state index contributed by atoms with van der Waals surface area (Å²) in [6.45, 7) is 0. The van der Waals surface area contributed by atoms with Crippen molar-refractivity contribution in [3.05, 3.63) is 0 Å². The monoisotopic (exact) mass is 149 g/mol. The van der Waals surface area contributed by atoms with Gasteiger partial charge in [-0.05, 0) is 0 Å². The summed E-state index contributed by atoms with van der Waals surface area (Å²) in [6.07, 6.45) is 0. The molecule has 0 atom stereocenters. The van der Waals surface area contributed by atoms with E-state index in [1.165, 1.54) is 5.28 Å². The number of hydrogen-bond donors (Lipinski definition) is 1. The van der Waals surface area contributed by atoms with Gasteiger partial charge in [0.25, 0.3) is 0 Å². The van der Waals surface area contributed by atoms with Crippen LogP contribution >= 0.6 is 0 Å². The zero-order valence-corrected chi connectivity index (χ0v) is 7.79. The smallest absolute Gasteiger partial charge is 0.145 e. The molecule has 0 aliphatic rings. The fraction of sp³-hybridized carbons (Fsp3) is 1.00. The quantitative estimate of drug-likeness (QED) is 0.438. The normalized spacial score (nSPS) is 14.4. The molecule has 10 heavy (non-hydrogen) atoms. The van der Waals surface area contributed by atoms with Crippen LogP contribution in [0, 0.1) is 0 Å². The molecule has 0 aliphatic carbocycles. The van der Waals surface area contributed by atoms with Crippen molar-refractivity contribution in [2.45, 2.75) is 0 Å². The third kappa shape index (κ3) is 2.62. The van der Waals surface area contributed by atoms with E-state index in [0.717, 1.165) is 0 Å². The third-order valence-corrected chi connectivity index (χ3v) is 1.07. The van der Waals surface area contributed by atoms with Crippen molar-refractivity contribution in [3.63, 3.8) is 0 Å². The van der Waals surface area contributed by atoms with Crippen molar-refractivity contribution >= 4 is 0 Å². The molecule has 0 bridgehead atoms. The van der Waals surface area contributed by atoms with Crippen LogP contribution in [0.3, 0.4) is 0 Å². The average molecular weight is 149 g/mol. The van der Waals surface area contributed by atoms with E-state index in [1.54, 1.807) is 0 Å². The number of rotatable bonds is 2. The molecule has 0 aromatic heterocycles. The summed E-state index contributed by atoms with van der Waals surface area (Å²) < 4.78 is 0.812. The molecular formula is C6H19N3O+2. The summed E-state index contributed by atoms with van der Waals surface area (Å²) in [4.78, 5) is 0. The summed E-state index contributed by atoms with van der Waals surface area (Å²) >= 11 is 0. The van der Waals surface area contributed by atoms with Gasteiger partial charge in [-0.3, -0.25) is 0 Å².